The molecule has 1 saturated carbocycles. The molecule has 12 nitrogen and oxygen atoms in total. The van der Waals surface area contributed by atoms with Crippen LogP contribution in [0, 0.1) is 0 Å². The van der Waals surface area contributed by atoms with E-state index in [0.29, 0.717) is 13.0 Å². The Morgan fingerprint density at radius 3 is 1.32 bits per heavy atom. The average Bonchev–Trinajstić information content (AvgIpc) is 3.29. The molecule has 13 heteroatoms. The van der Waals surface area contributed by atoms with Crippen LogP contribution in [0.3, 0.4) is 0 Å². The van der Waals surface area contributed by atoms with Gasteiger partial charge < -0.3 is 39.9 Å². The first-order valence-electron chi connectivity index (χ1n) is 26.7. The molecule has 0 aliphatic heterocycles. The molecule has 0 aromatic rings. The molecule has 0 spiro atoms. The second-order valence-electron chi connectivity index (χ2n) is 18.7. The number of phosphoric ester groups is 1. The van der Waals surface area contributed by atoms with Crippen LogP contribution in [0.25, 0.3) is 0 Å². The van der Waals surface area contributed by atoms with Crippen LogP contribution in [-0.2, 0) is 27.9 Å². The Morgan fingerprint density at radius 2 is 0.862 bits per heavy atom. The minimum Gasteiger partial charge on any atom is -0.457 e. The second kappa shape index (κ2) is 42.9. The molecule has 0 aromatic heterocycles. The van der Waals surface area contributed by atoms with Crippen molar-refractivity contribution in [3.63, 3.8) is 0 Å². The number of phosphoric acid groups is 1. The molecule has 1 rings (SSSR count). The van der Waals surface area contributed by atoms with Crippen molar-refractivity contribution in [2.45, 2.75) is 281 Å². The Labute approximate surface area is 396 Å². The standard InChI is InChI=1S/C52H99O12P/c1-3-5-7-9-11-13-15-17-19-20-21-22-23-24-25-26-28-30-32-34-36-38-40-42-61-43-45(44-62-65(59,60)64-52-50(57)48(55)47(54)49(56)51(52)58)63-46(53)41-39-37-35-33-31-29-27-18-16-14-12-10-8-6-4-2/h12,14,18,27,45,47-52,54-58H,3-11,13,15-17,19-26,28-44H2,1-2H3,(H,59,60)/b14-12-,27-18-. The van der Waals surface area contributed by atoms with Gasteiger partial charge in [-0.15, -0.1) is 0 Å². The SMILES string of the molecule is CCCCC/C=C\C/C=C\CCCCCCCC(=O)OC(COCCCCCCCCCCCCCCCCCCCCCCCCC)COP(=O)(O)OC1C(O)C(O)C(O)C(O)C1O. The second-order valence-corrected chi connectivity index (χ2v) is 20.1. The maximum absolute atomic E-state index is 12.9. The third kappa shape index (κ3) is 34.7. The number of carbonyl (C=O) groups is 1. The number of hydrogen-bond donors (Lipinski definition) is 6. The van der Waals surface area contributed by atoms with Gasteiger partial charge in [0.25, 0.3) is 0 Å². The number of unbranched alkanes of at least 4 members (excludes halogenated alkanes) is 30. The largest absolute Gasteiger partial charge is 0.472 e. The van der Waals surface area contributed by atoms with Crippen molar-refractivity contribution in [1.29, 1.82) is 0 Å². The van der Waals surface area contributed by atoms with Crippen LogP contribution in [0.4, 0.5) is 0 Å². The Balaban J connectivity index is 2.29. The highest BCUT2D eigenvalue weighted by molar-refractivity contribution is 7.47. The lowest BCUT2D eigenvalue weighted by molar-refractivity contribution is -0.220. The van der Waals surface area contributed by atoms with E-state index >= 15 is 0 Å². The molecule has 6 atom stereocenters. The Bertz CT molecular complexity index is 1170. The number of aliphatic hydroxyl groups is 5. The van der Waals surface area contributed by atoms with Gasteiger partial charge in [0, 0.05) is 13.0 Å². The van der Waals surface area contributed by atoms with Crippen molar-refractivity contribution in [1.82, 2.24) is 0 Å². The number of esters is 1. The lowest BCUT2D eigenvalue weighted by Crippen LogP contribution is -2.64. The van der Waals surface area contributed by atoms with Crippen molar-refractivity contribution in [2.24, 2.45) is 0 Å². The van der Waals surface area contributed by atoms with Gasteiger partial charge in [-0.05, 0) is 44.9 Å². The fourth-order valence-corrected chi connectivity index (χ4v) is 9.30. The predicted molar refractivity (Wildman–Crippen MR) is 263 cm³/mol. The summed E-state index contributed by atoms with van der Waals surface area (Å²) in [4.78, 5) is 23.2. The number of allylic oxidation sites excluding steroid dienone is 4. The summed E-state index contributed by atoms with van der Waals surface area (Å²) < 4.78 is 34.3. The maximum Gasteiger partial charge on any atom is 0.472 e. The summed E-state index contributed by atoms with van der Waals surface area (Å²) in [6.07, 6.45) is 38.2. The molecule has 1 aliphatic carbocycles. The third-order valence-electron chi connectivity index (χ3n) is 12.6. The zero-order valence-corrected chi connectivity index (χ0v) is 42.2. The highest BCUT2D eigenvalue weighted by atomic mass is 31.2. The summed E-state index contributed by atoms with van der Waals surface area (Å²) >= 11 is 0. The van der Waals surface area contributed by atoms with Crippen molar-refractivity contribution >= 4 is 13.8 Å². The molecule has 0 heterocycles. The van der Waals surface area contributed by atoms with E-state index in [0.717, 1.165) is 64.2 Å². The molecule has 6 unspecified atom stereocenters. The van der Waals surface area contributed by atoms with Crippen LogP contribution in [0.5, 0.6) is 0 Å². The Kier molecular flexibility index (Phi) is 40.8. The van der Waals surface area contributed by atoms with Gasteiger partial charge in [0.15, 0.2) is 0 Å². The first kappa shape index (κ1) is 61.8. The molecular weight excluding hydrogens is 848 g/mol. The lowest BCUT2D eigenvalue weighted by atomic mass is 9.85. The summed E-state index contributed by atoms with van der Waals surface area (Å²) in [5.41, 5.74) is 0. The fraction of sp³-hybridized carbons (Fsp3) is 0.904. The molecule has 0 saturated heterocycles. The monoisotopic (exact) mass is 947 g/mol. The molecule has 0 bridgehead atoms. The first-order chi connectivity index (χ1) is 31.5. The maximum atomic E-state index is 12.9. The smallest absolute Gasteiger partial charge is 0.457 e. The Hall–Kier alpha value is -1.18. The van der Waals surface area contributed by atoms with Gasteiger partial charge >= 0.3 is 13.8 Å². The van der Waals surface area contributed by atoms with Crippen molar-refractivity contribution in [2.75, 3.05) is 19.8 Å². The van der Waals surface area contributed by atoms with Crippen LogP contribution < -0.4 is 0 Å². The van der Waals surface area contributed by atoms with E-state index in [1.54, 1.807) is 0 Å². The van der Waals surface area contributed by atoms with Gasteiger partial charge in [-0.1, -0.05) is 212 Å². The number of aliphatic hydroxyl groups excluding tert-OH is 5. The first-order valence-corrected chi connectivity index (χ1v) is 28.2. The van der Waals surface area contributed by atoms with Crippen molar-refractivity contribution < 1.29 is 58.3 Å². The molecular formula is C52H99O12P. The normalized spacial score (nSPS) is 21.7. The average molecular weight is 947 g/mol. The van der Waals surface area contributed by atoms with E-state index in [2.05, 4.69) is 38.2 Å². The molecule has 65 heavy (non-hydrogen) atoms. The van der Waals surface area contributed by atoms with Crippen LogP contribution >= 0.6 is 7.82 Å². The quantitative estimate of drug-likeness (QED) is 0.0147. The van der Waals surface area contributed by atoms with Gasteiger partial charge in [0.05, 0.1) is 13.2 Å². The molecule has 1 fully saturated rings. The van der Waals surface area contributed by atoms with Gasteiger partial charge in [0.1, 0.15) is 42.7 Å². The minimum atomic E-state index is -5.02. The number of hydrogen-bond acceptors (Lipinski definition) is 11. The third-order valence-corrected chi connectivity index (χ3v) is 13.6. The van der Waals surface area contributed by atoms with E-state index in [1.807, 2.05) is 0 Å². The Morgan fingerprint density at radius 1 is 0.492 bits per heavy atom. The van der Waals surface area contributed by atoms with E-state index in [1.165, 1.54) is 148 Å². The molecule has 0 radical (unpaired) electrons. The van der Waals surface area contributed by atoms with Crippen LogP contribution in [0.2, 0.25) is 0 Å². The zero-order chi connectivity index (χ0) is 47.6. The van der Waals surface area contributed by atoms with Crippen molar-refractivity contribution in [3.05, 3.63) is 24.3 Å². The van der Waals surface area contributed by atoms with Gasteiger partial charge in [0.2, 0.25) is 0 Å². The van der Waals surface area contributed by atoms with E-state index in [-0.39, 0.29) is 13.0 Å². The van der Waals surface area contributed by atoms with E-state index in [4.69, 9.17) is 18.5 Å². The van der Waals surface area contributed by atoms with Gasteiger partial charge in [-0.25, -0.2) is 4.57 Å². The summed E-state index contributed by atoms with van der Waals surface area (Å²) in [5, 5.41) is 50.3. The minimum absolute atomic E-state index is 0.0779. The van der Waals surface area contributed by atoms with Gasteiger partial charge in [-0.3, -0.25) is 13.8 Å². The van der Waals surface area contributed by atoms with Crippen molar-refractivity contribution in [3.8, 4) is 0 Å². The molecule has 6 N–H and O–H groups in total. The summed E-state index contributed by atoms with van der Waals surface area (Å²) in [6, 6.07) is 0. The van der Waals surface area contributed by atoms with Gasteiger partial charge in [-0.2, -0.15) is 0 Å². The van der Waals surface area contributed by atoms with E-state index < -0.39 is 63.1 Å². The van der Waals surface area contributed by atoms with Crippen LogP contribution in [0.15, 0.2) is 24.3 Å². The lowest BCUT2D eigenvalue weighted by Gasteiger charge is -2.41. The highest BCUT2D eigenvalue weighted by Gasteiger charge is 2.51. The highest BCUT2D eigenvalue weighted by Crippen LogP contribution is 2.47. The van der Waals surface area contributed by atoms with E-state index in [9.17, 15) is 39.8 Å². The number of carbonyl (C=O) groups excluding carboxylic acids is 1. The predicted octanol–water partition coefficient (Wildman–Crippen LogP) is 12.0. The summed E-state index contributed by atoms with van der Waals surface area (Å²) in [7, 11) is -5.02. The molecule has 0 amide bonds. The fourth-order valence-electron chi connectivity index (χ4n) is 8.33. The topological polar surface area (TPSA) is 192 Å². The molecule has 0 aromatic carbocycles. The molecule has 384 valence electrons. The number of ether oxygens (including phenoxy) is 2. The van der Waals surface area contributed by atoms with Crippen LogP contribution in [-0.4, -0.2) is 98.9 Å². The summed E-state index contributed by atoms with van der Waals surface area (Å²) in [5.74, 6) is -0.487. The summed E-state index contributed by atoms with van der Waals surface area (Å²) in [6.45, 7) is 4.26. The molecule has 1 aliphatic rings. The van der Waals surface area contributed by atoms with Crippen LogP contribution in [0.1, 0.15) is 239 Å². The number of rotatable bonds is 46. The zero-order valence-electron chi connectivity index (χ0n) is 41.3.